The molecule has 4 nitrogen and oxygen atoms in total. The van der Waals surface area contributed by atoms with Crippen LogP contribution in [0.2, 0.25) is 0 Å². The van der Waals surface area contributed by atoms with E-state index in [4.69, 9.17) is 4.98 Å². The quantitative estimate of drug-likeness (QED) is 0.679. The second-order valence-electron chi connectivity index (χ2n) is 6.90. The first kappa shape index (κ1) is 19.5. The van der Waals surface area contributed by atoms with Crippen LogP contribution in [0.25, 0.3) is 10.2 Å². The summed E-state index contributed by atoms with van der Waals surface area (Å²) in [6.45, 7) is 12.1. The van der Waals surface area contributed by atoms with Crippen LogP contribution in [0.15, 0.2) is 42.5 Å². The van der Waals surface area contributed by atoms with E-state index in [-0.39, 0.29) is 5.91 Å². The molecule has 1 N–H and O–H groups in total. The third-order valence-corrected chi connectivity index (χ3v) is 6.19. The molecule has 0 atom stereocenters. The lowest BCUT2D eigenvalue weighted by molar-refractivity contribution is -0.894. The molecule has 0 radical (unpaired) electrons. The number of thiazole rings is 1. The van der Waals surface area contributed by atoms with Gasteiger partial charge in [0.05, 0.1) is 36.4 Å². The highest BCUT2D eigenvalue weighted by Crippen LogP contribution is 2.31. The van der Waals surface area contributed by atoms with Crippen molar-refractivity contribution in [2.45, 2.75) is 27.7 Å². The molecule has 5 heteroatoms. The molecule has 142 valence electrons. The molecule has 27 heavy (non-hydrogen) atoms. The summed E-state index contributed by atoms with van der Waals surface area (Å²) < 4.78 is 1.13. The van der Waals surface area contributed by atoms with Gasteiger partial charge >= 0.3 is 0 Å². The monoisotopic (exact) mass is 382 g/mol. The molecular formula is C22H28N3OS+. The third kappa shape index (κ3) is 4.20. The number of quaternary nitrogens is 1. The highest BCUT2D eigenvalue weighted by molar-refractivity contribution is 7.22. The number of para-hydroxylation sites is 1. The maximum absolute atomic E-state index is 13.4. The largest absolute Gasteiger partial charge is 0.334 e. The van der Waals surface area contributed by atoms with Gasteiger partial charge in [0.2, 0.25) is 0 Å². The molecule has 0 fully saturated rings. The summed E-state index contributed by atoms with van der Waals surface area (Å²) in [5.74, 6) is 0.0383. The van der Waals surface area contributed by atoms with E-state index in [2.05, 4.69) is 32.9 Å². The van der Waals surface area contributed by atoms with E-state index in [0.29, 0.717) is 6.54 Å². The Kier molecular flexibility index (Phi) is 6.24. The zero-order chi connectivity index (χ0) is 19.4. The fourth-order valence-electron chi connectivity index (χ4n) is 3.31. The van der Waals surface area contributed by atoms with Crippen molar-refractivity contribution in [2.75, 3.05) is 31.1 Å². The lowest BCUT2D eigenvalue weighted by atomic mass is 10.1. The summed E-state index contributed by atoms with van der Waals surface area (Å²) in [7, 11) is 0. The van der Waals surface area contributed by atoms with Crippen LogP contribution in [0, 0.1) is 13.8 Å². The molecule has 0 aliphatic heterocycles. The van der Waals surface area contributed by atoms with E-state index < -0.39 is 0 Å². The van der Waals surface area contributed by atoms with Crippen LogP contribution in [0.4, 0.5) is 5.13 Å². The Bertz CT molecular complexity index is 930. The number of fused-ring (bicyclic) bond motifs is 1. The second-order valence-corrected chi connectivity index (χ2v) is 7.91. The number of hydrogen-bond donors (Lipinski definition) is 1. The Labute approximate surface area is 165 Å². The van der Waals surface area contributed by atoms with Gasteiger partial charge in [0.1, 0.15) is 0 Å². The molecule has 1 amide bonds. The van der Waals surface area contributed by atoms with Crippen molar-refractivity contribution in [2.24, 2.45) is 0 Å². The predicted molar refractivity (Wildman–Crippen MR) is 114 cm³/mol. The van der Waals surface area contributed by atoms with E-state index in [1.165, 1.54) is 4.90 Å². The molecule has 3 aromatic rings. The lowest BCUT2D eigenvalue weighted by Gasteiger charge is -2.23. The molecule has 0 bridgehead atoms. The van der Waals surface area contributed by atoms with Crippen LogP contribution < -0.4 is 9.80 Å². The maximum Gasteiger partial charge on any atom is 0.260 e. The van der Waals surface area contributed by atoms with Gasteiger partial charge in [0.15, 0.2) is 5.13 Å². The van der Waals surface area contributed by atoms with Crippen LogP contribution in [0.3, 0.4) is 0 Å². The van der Waals surface area contributed by atoms with Gasteiger partial charge < -0.3 is 4.90 Å². The number of rotatable bonds is 7. The van der Waals surface area contributed by atoms with Crippen LogP contribution in [0.5, 0.6) is 0 Å². The summed E-state index contributed by atoms with van der Waals surface area (Å²) >= 11 is 1.60. The first-order chi connectivity index (χ1) is 13.0. The molecule has 3 rings (SSSR count). The number of hydrogen-bond acceptors (Lipinski definition) is 3. The predicted octanol–water partition coefficient (Wildman–Crippen LogP) is 3.48. The number of carbonyl (C=O) groups excluding carboxylic acids is 1. The maximum atomic E-state index is 13.4. The minimum atomic E-state index is 0.0383. The van der Waals surface area contributed by atoms with Crippen molar-refractivity contribution in [3.63, 3.8) is 0 Å². The highest BCUT2D eigenvalue weighted by Gasteiger charge is 2.24. The zero-order valence-electron chi connectivity index (χ0n) is 16.6. The minimum Gasteiger partial charge on any atom is -0.334 e. The van der Waals surface area contributed by atoms with Gasteiger partial charge in [0, 0.05) is 5.56 Å². The molecule has 0 unspecified atom stereocenters. The van der Waals surface area contributed by atoms with Crippen LogP contribution in [0.1, 0.15) is 35.3 Å². The summed E-state index contributed by atoms with van der Waals surface area (Å²) in [4.78, 5) is 21.6. The van der Waals surface area contributed by atoms with Crippen molar-refractivity contribution in [3.05, 3.63) is 59.2 Å². The number of carbonyl (C=O) groups is 1. The number of aryl methyl sites for hydroxylation is 2. The molecule has 0 saturated carbocycles. The Morgan fingerprint density at radius 3 is 2.41 bits per heavy atom. The van der Waals surface area contributed by atoms with E-state index in [1.807, 2.05) is 42.2 Å². The van der Waals surface area contributed by atoms with Gasteiger partial charge in [-0.1, -0.05) is 41.7 Å². The fraction of sp³-hybridized carbons (Fsp3) is 0.364. The Morgan fingerprint density at radius 1 is 1.04 bits per heavy atom. The van der Waals surface area contributed by atoms with Crippen LogP contribution in [-0.2, 0) is 0 Å². The molecule has 1 aromatic heterocycles. The number of nitrogens with one attached hydrogen (secondary N) is 1. The first-order valence-electron chi connectivity index (χ1n) is 9.62. The molecular weight excluding hydrogens is 354 g/mol. The van der Waals surface area contributed by atoms with Gasteiger partial charge in [-0.3, -0.25) is 9.69 Å². The summed E-state index contributed by atoms with van der Waals surface area (Å²) in [5, 5.41) is 0.791. The summed E-state index contributed by atoms with van der Waals surface area (Å²) in [6, 6.07) is 14.0. The number of amides is 1. The van der Waals surface area contributed by atoms with E-state index in [1.54, 1.807) is 11.3 Å². The van der Waals surface area contributed by atoms with E-state index in [0.717, 1.165) is 51.7 Å². The van der Waals surface area contributed by atoms with Crippen molar-refractivity contribution in [1.82, 2.24) is 4.98 Å². The average Bonchev–Trinajstić information content (AvgIpc) is 3.10. The third-order valence-electron chi connectivity index (χ3n) is 5.15. The average molecular weight is 383 g/mol. The smallest absolute Gasteiger partial charge is 0.260 e. The van der Waals surface area contributed by atoms with Crippen molar-refractivity contribution in [1.29, 1.82) is 0 Å². The van der Waals surface area contributed by atoms with Crippen molar-refractivity contribution in [3.8, 4) is 0 Å². The van der Waals surface area contributed by atoms with Gasteiger partial charge in [-0.2, -0.15) is 0 Å². The number of benzene rings is 2. The minimum absolute atomic E-state index is 0.0383. The highest BCUT2D eigenvalue weighted by atomic mass is 32.1. The zero-order valence-corrected chi connectivity index (χ0v) is 17.4. The van der Waals surface area contributed by atoms with E-state index >= 15 is 0 Å². The fourth-order valence-corrected chi connectivity index (χ4v) is 4.37. The SMILES string of the molecule is CC[NH+](CC)CCN(C(=O)c1ccccc1C)c1nc2c(C)cccc2s1. The number of nitrogens with zero attached hydrogens (tertiary/aromatic N) is 2. The summed E-state index contributed by atoms with van der Waals surface area (Å²) in [5.41, 5.74) is 3.89. The second kappa shape index (κ2) is 8.63. The molecule has 0 saturated heterocycles. The Morgan fingerprint density at radius 2 is 1.74 bits per heavy atom. The Balaban J connectivity index is 1.99. The van der Waals surface area contributed by atoms with Crippen molar-refractivity contribution >= 4 is 32.6 Å². The summed E-state index contributed by atoms with van der Waals surface area (Å²) in [6.07, 6.45) is 0. The molecule has 0 aliphatic rings. The van der Waals surface area contributed by atoms with Gasteiger partial charge in [-0.15, -0.1) is 0 Å². The molecule has 1 heterocycles. The van der Waals surface area contributed by atoms with Gasteiger partial charge in [0.25, 0.3) is 5.91 Å². The van der Waals surface area contributed by atoms with Gasteiger partial charge in [-0.25, -0.2) is 4.98 Å². The first-order valence-corrected chi connectivity index (χ1v) is 10.4. The van der Waals surface area contributed by atoms with Gasteiger partial charge in [-0.05, 0) is 51.0 Å². The number of anilines is 1. The van der Waals surface area contributed by atoms with E-state index in [9.17, 15) is 4.79 Å². The molecule has 2 aromatic carbocycles. The van der Waals surface area contributed by atoms with Crippen LogP contribution >= 0.6 is 11.3 Å². The van der Waals surface area contributed by atoms with Crippen molar-refractivity contribution < 1.29 is 9.69 Å². The Hall–Kier alpha value is -2.24. The topological polar surface area (TPSA) is 37.6 Å². The standard InChI is InChI=1S/C22H27N3OS/c1-5-24(6-2)14-15-25(21(26)18-12-8-7-10-16(18)3)22-23-20-17(4)11-9-13-19(20)27-22/h7-13H,5-6,14-15H2,1-4H3/p+1. The number of likely N-dealkylation sites (N-methyl/N-ethyl adjacent to an activating group) is 1. The lowest BCUT2D eigenvalue weighted by Crippen LogP contribution is -3.12. The molecule has 0 aliphatic carbocycles. The normalized spacial score (nSPS) is 11.3. The number of aromatic nitrogens is 1. The van der Waals surface area contributed by atoms with Crippen LogP contribution in [-0.4, -0.2) is 37.1 Å². The molecule has 0 spiro atoms.